The normalized spacial score (nSPS) is 14.1. The van der Waals surface area contributed by atoms with Gasteiger partial charge in [0.25, 0.3) is 0 Å². The van der Waals surface area contributed by atoms with Gasteiger partial charge >= 0.3 is 6.01 Å². The molecule has 1 fully saturated rings. The van der Waals surface area contributed by atoms with Gasteiger partial charge < -0.3 is 14.5 Å². The average Bonchev–Trinajstić information content (AvgIpc) is 3.29. The van der Waals surface area contributed by atoms with Crippen molar-refractivity contribution in [1.29, 1.82) is 0 Å². The lowest BCUT2D eigenvalue weighted by Crippen LogP contribution is -2.49. The third-order valence-corrected chi connectivity index (χ3v) is 6.47. The molecular weight excluding hydrogens is 454 g/mol. The number of piperazine rings is 1. The molecule has 0 unspecified atom stereocenters. The predicted octanol–water partition coefficient (Wildman–Crippen LogP) is 3.66. The van der Waals surface area contributed by atoms with E-state index in [1.54, 1.807) is 30.6 Å². The van der Waals surface area contributed by atoms with Gasteiger partial charge in [-0.2, -0.15) is 20.3 Å². The maximum absolute atomic E-state index is 12.7. The highest BCUT2D eigenvalue weighted by molar-refractivity contribution is 7.18. The van der Waals surface area contributed by atoms with E-state index in [9.17, 15) is 4.79 Å². The number of ether oxygens (including phenoxy) is 1. The number of hydrogen-bond acceptors (Lipinski definition) is 9. The van der Waals surface area contributed by atoms with E-state index in [4.69, 9.17) is 9.57 Å². The van der Waals surface area contributed by atoms with Crippen LogP contribution in [0.4, 0.5) is 5.82 Å². The molecule has 1 aliphatic heterocycles. The molecule has 0 atom stereocenters. The summed E-state index contributed by atoms with van der Waals surface area (Å²) in [5.41, 5.74) is 0. The van der Waals surface area contributed by atoms with Gasteiger partial charge in [0.05, 0.1) is 32.2 Å². The average molecular weight is 488 g/mol. The summed E-state index contributed by atoms with van der Waals surface area (Å²) in [4.78, 5) is 33.7. The van der Waals surface area contributed by atoms with Crippen LogP contribution in [0.2, 0.25) is 0 Å². The fraction of sp³-hybridized carbons (Fsp3) is 0.522. The number of fused-ring (bicyclic) bond motifs is 1. The zero-order valence-electron chi connectivity index (χ0n) is 20.0. The summed E-state index contributed by atoms with van der Waals surface area (Å²) in [5, 5.41) is 10.3. The second-order valence-electron chi connectivity index (χ2n) is 7.65. The molecule has 2 aromatic heterocycles. The number of anilines is 1. The first-order valence-electron chi connectivity index (χ1n) is 11.5. The van der Waals surface area contributed by atoms with Crippen molar-refractivity contribution in [3.8, 4) is 6.01 Å². The Labute approximate surface area is 204 Å². The number of aromatic nitrogens is 2. The number of hydroxylamine groups is 1. The van der Waals surface area contributed by atoms with Crippen LogP contribution in [0, 0.1) is 0 Å². The van der Waals surface area contributed by atoms with Crippen molar-refractivity contribution >= 4 is 33.3 Å². The molecule has 0 N–H and O–H groups in total. The predicted molar refractivity (Wildman–Crippen MR) is 134 cm³/mol. The minimum Gasteiger partial charge on any atom is -0.467 e. The number of carbonyl (C=O) groups is 1. The standard InChI is InChI=1S/C23H33N7O3S/c1-5-10-24-27-30(11-6-2)33-16-8-9-20(31)28-12-14-29(15-13-28)21-19-17-18(7-3)34-22(19)26-23(25-21)32-4/h5-6,17H,1-2,7-16H2,3-4H3. The third-order valence-electron chi connectivity index (χ3n) is 5.30. The Balaban J connectivity index is 1.50. The van der Waals surface area contributed by atoms with E-state index in [0.717, 1.165) is 22.5 Å². The van der Waals surface area contributed by atoms with E-state index in [0.29, 0.717) is 64.7 Å². The van der Waals surface area contributed by atoms with Crippen LogP contribution in [0.5, 0.6) is 6.01 Å². The smallest absolute Gasteiger partial charge is 0.319 e. The first kappa shape index (κ1) is 25.6. The number of amides is 1. The van der Waals surface area contributed by atoms with Gasteiger partial charge in [-0.1, -0.05) is 19.1 Å². The van der Waals surface area contributed by atoms with E-state index in [-0.39, 0.29) is 5.91 Å². The van der Waals surface area contributed by atoms with E-state index >= 15 is 0 Å². The monoisotopic (exact) mass is 487 g/mol. The topological polar surface area (TPSA) is 95.8 Å². The van der Waals surface area contributed by atoms with Gasteiger partial charge in [0, 0.05) is 37.5 Å². The number of carbonyl (C=O) groups excluding carboxylic acids is 1. The van der Waals surface area contributed by atoms with Crippen LogP contribution < -0.4 is 9.64 Å². The summed E-state index contributed by atoms with van der Waals surface area (Å²) in [6.45, 7) is 13.4. The first-order chi connectivity index (χ1) is 16.6. The van der Waals surface area contributed by atoms with Crippen LogP contribution >= 0.6 is 11.3 Å². The number of methoxy groups -OCH3 is 1. The molecule has 1 aliphatic rings. The van der Waals surface area contributed by atoms with Crippen LogP contribution in [-0.2, 0) is 16.1 Å². The molecule has 0 saturated carbocycles. The van der Waals surface area contributed by atoms with Crippen molar-refractivity contribution in [1.82, 2.24) is 20.0 Å². The summed E-state index contributed by atoms with van der Waals surface area (Å²) < 4.78 is 5.33. The van der Waals surface area contributed by atoms with Gasteiger partial charge in [0.15, 0.2) is 0 Å². The number of rotatable bonds is 13. The zero-order valence-corrected chi connectivity index (χ0v) is 20.8. The minimum atomic E-state index is 0.126. The third kappa shape index (κ3) is 6.73. The SMILES string of the molecule is C=CCN=NN(CC=C)OCCCC(=O)N1CCN(c2nc(OC)nc3sc(CC)cc23)CC1. The Morgan fingerprint density at radius 2 is 2.06 bits per heavy atom. The first-order valence-corrected chi connectivity index (χ1v) is 12.3. The van der Waals surface area contributed by atoms with E-state index < -0.39 is 0 Å². The summed E-state index contributed by atoms with van der Waals surface area (Å²) in [6.07, 6.45) is 5.31. The van der Waals surface area contributed by atoms with Crippen molar-refractivity contribution < 1.29 is 14.4 Å². The molecule has 10 nitrogen and oxygen atoms in total. The molecule has 34 heavy (non-hydrogen) atoms. The molecule has 0 radical (unpaired) electrons. The van der Waals surface area contributed by atoms with Crippen molar-refractivity contribution in [2.45, 2.75) is 26.2 Å². The lowest BCUT2D eigenvalue weighted by molar-refractivity contribution is -0.160. The number of nitrogens with zero attached hydrogens (tertiary/aromatic N) is 7. The van der Waals surface area contributed by atoms with Gasteiger partial charge in [-0.3, -0.25) is 9.63 Å². The zero-order chi connectivity index (χ0) is 24.3. The van der Waals surface area contributed by atoms with Gasteiger partial charge in [-0.05, 0) is 24.1 Å². The molecule has 3 heterocycles. The highest BCUT2D eigenvalue weighted by atomic mass is 32.1. The van der Waals surface area contributed by atoms with Crippen LogP contribution in [0.15, 0.2) is 41.7 Å². The Bertz CT molecular complexity index is 1000. The highest BCUT2D eigenvalue weighted by Crippen LogP contribution is 2.33. The van der Waals surface area contributed by atoms with E-state index in [1.165, 1.54) is 10.0 Å². The quantitative estimate of drug-likeness (QED) is 0.184. The fourth-order valence-corrected chi connectivity index (χ4v) is 4.51. The van der Waals surface area contributed by atoms with Crippen molar-refractivity contribution in [3.63, 3.8) is 0 Å². The highest BCUT2D eigenvalue weighted by Gasteiger charge is 2.24. The number of hydrogen-bond donors (Lipinski definition) is 0. The maximum Gasteiger partial charge on any atom is 0.319 e. The van der Waals surface area contributed by atoms with E-state index in [2.05, 4.69) is 51.4 Å². The Morgan fingerprint density at radius 1 is 1.26 bits per heavy atom. The van der Waals surface area contributed by atoms with Gasteiger partial charge in [0.1, 0.15) is 10.6 Å². The van der Waals surface area contributed by atoms with Crippen LogP contribution in [-0.4, -0.2) is 78.9 Å². The molecule has 1 saturated heterocycles. The number of thiophene rings is 1. The second kappa shape index (κ2) is 13.0. The summed E-state index contributed by atoms with van der Waals surface area (Å²) in [5.74, 6) is 1.01. The Hall–Kier alpha value is -3.05. The van der Waals surface area contributed by atoms with Crippen molar-refractivity contribution in [2.24, 2.45) is 10.3 Å². The Kier molecular flexibility index (Phi) is 9.77. The van der Waals surface area contributed by atoms with Crippen molar-refractivity contribution in [2.75, 3.05) is 57.9 Å². The number of aryl methyl sites for hydroxylation is 1. The fourth-order valence-electron chi connectivity index (χ4n) is 3.55. The Morgan fingerprint density at radius 3 is 2.74 bits per heavy atom. The van der Waals surface area contributed by atoms with Gasteiger partial charge in [0.2, 0.25) is 5.91 Å². The molecular formula is C23H33N7O3S. The summed E-state index contributed by atoms with van der Waals surface area (Å²) >= 11 is 1.67. The van der Waals surface area contributed by atoms with Gasteiger partial charge in [-0.25, -0.2) is 0 Å². The molecule has 1 amide bonds. The lowest BCUT2D eigenvalue weighted by Gasteiger charge is -2.35. The summed E-state index contributed by atoms with van der Waals surface area (Å²) in [6, 6.07) is 2.54. The molecule has 3 rings (SSSR count). The molecule has 0 spiro atoms. The lowest BCUT2D eigenvalue weighted by atomic mass is 10.2. The van der Waals surface area contributed by atoms with Crippen LogP contribution in [0.1, 0.15) is 24.6 Å². The maximum atomic E-state index is 12.7. The summed E-state index contributed by atoms with van der Waals surface area (Å²) in [7, 11) is 1.58. The molecule has 2 aromatic rings. The van der Waals surface area contributed by atoms with Crippen LogP contribution in [0.25, 0.3) is 10.2 Å². The second-order valence-corrected chi connectivity index (χ2v) is 8.76. The molecule has 0 bridgehead atoms. The van der Waals surface area contributed by atoms with Crippen molar-refractivity contribution in [3.05, 3.63) is 36.3 Å². The van der Waals surface area contributed by atoms with Crippen LogP contribution in [0.3, 0.4) is 0 Å². The molecule has 184 valence electrons. The molecule has 0 aromatic carbocycles. The van der Waals surface area contributed by atoms with Gasteiger partial charge in [-0.15, -0.1) is 24.5 Å². The van der Waals surface area contributed by atoms with E-state index in [1.807, 2.05) is 4.90 Å². The largest absolute Gasteiger partial charge is 0.467 e. The molecule has 11 heteroatoms. The molecule has 0 aliphatic carbocycles. The minimum absolute atomic E-state index is 0.126.